The van der Waals surface area contributed by atoms with Crippen LogP contribution in [0.5, 0.6) is 0 Å². The molecule has 0 spiro atoms. The summed E-state index contributed by atoms with van der Waals surface area (Å²) in [7, 11) is 1.29. The first-order valence-corrected chi connectivity index (χ1v) is 19.4. The van der Waals surface area contributed by atoms with Gasteiger partial charge in [-0.25, -0.2) is 14.8 Å². The fourth-order valence-electron chi connectivity index (χ4n) is 7.98. The third-order valence-electron chi connectivity index (χ3n) is 11.1. The lowest BCUT2D eigenvalue weighted by molar-refractivity contribution is -0.135. The zero-order valence-corrected chi connectivity index (χ0v) is 32.2. The van der Waals surface area contributed by atoms with Crippen LogP contribution in [0.3, 0.4) is 0 Å². The Labute approximate surface area is 330 Å². The number of nitrogens with zero attached hydrogens (tertiary/aromatic N) is 6. The fourth-order valence-corrected chi connectivity index (χ4v) is 7.98. The average molecular weight is 767 g/mol. The minimum absolute atomic E-state index is 0.106. The van der Waals surface area contributed by atoms with Crippen LogP contribution >= 0.6 is 0 Å². The summed E-state index contributed by atoms with van der Waals surface area (Å²) in [5.74, 6) is 1.08. The van der Waals surface area contributed by atoms with Crippen molar-refractivity contribution in [3.05, 3.63) is 108 Å². The number of nitrogens with one attached hydrogen (secondary N) is 3. The molecule has 5 heterocycles. The number of rotatable bonds is 10. The van der Waals surface area contributed by atoms with E-state index in [1.54, 1.807) is 6.20 Å². The van der Waals surface area contributed by atoms with Gasteiger partial charge in [-0.1, -0.05) is 68.4 Å². The smallest absolute Gasteiger partial charge is 0.407 e. The number of H-pyrrole nitrogens is 2. The number of methoxy groups -OCH3 is 1. The monoisotopic (exact) mass is 766 g/mol. The Morgan fingerprint density at radius 3 is 1.96 bits per heavy atom. The zero-order chi connectivity index (χ0) is 39.6. The van der Waals surface area contributed by atoms with E-state index in [1.165, 1.54) is 7.11 Å². The van der Waals surface area contributed by atoms with Crippen LogP contribution in [-0.2, 0) is 14.3 Å². The number of carbonyl (C=O) groups excluding carboxylic acids is 3. The Morgan fingerprint density at radius 2 is 1.33 bits per heavy atom. The predicted molar refractivity (Wildman–Crippen MR) is 215 cm³/mol. The highest BCUT2D eigenvalue weighted by Crippen LogP contribution is 2.35. The van der Waals surface area contributed by atoms with Crippen LogP contribution in [0.15, 0.2) is 91.3 Å². The van der Waals surface area contributed by atoms with Crippen molar-refractivity contribution >= 4 is 28.7 Å². The van der Waals surface area contributed by atoms with Gasteiger partial charge >= 0.3 is 6.09 Å². The van der Waals surface area contributed by atoms with Crippen LogP contribution in [0.25, 0.3) is 44.7 Å². The molecule has 2 aliphatic heterocycles. The molecule has 2 fully saturated rings. The van der Waals surface area contributed by atoms with Crippen LogP contribution in [0.1, 0.15) is 74.9 Å². The number of imidazole rings is 2. The molecule has 14 heteroatoms. The largest absolute Gasteiger partial charge is 0.453 e. The second-order valence-corrected chi connectivity index (χ2v) is 15.1. The third kappa shape index (κ3) is 7.60. The number of amides is 3. The maximum atomic E-state index is 13.6. The molecule has 2 saturated heterocycles. The van der Waals surface area contributed by atoms with Crippen LogP contribution in [0, 0.1) is 5.92 Å². The summed E-state index contributed by atoms with van der Waals surface area (Å²) < 4.78 is 4.76. The number of alkyl carbamates (subject to hydrolysis) is 1. The summed E-state index contributed by atoms with van der Waals surface area (Å²) in [5.41, 5.74) is 12.1. The number of benzene rings is 3. The van der Waals surface area contributed by atoms with E-state index < -0.39 is 18.2 Å². The molecular formula is C43H46N10O4. The first-order valence-electron chi connectivity index (χ1n) is 19.4. The maximum absolute atomic E-state index is 13.6. The molecule has 3 aromatic carbocycles. The summed E-state index contributed by atoms with van der Waals surface area (Å²) in [5, 5.41) is 13.9. The minimum atomic E-state index is -0.724. The van der Waals surface area contributed by atoms with E-state index in [1.807, 2.05) is 78.4 Å². The summed E-state index contributed by atoms with van der Waals surface area (Å²) in [6, 6.07) is 23.9. The molecule has 0 radical (unpaired) electrons. The molecular weight excluding hydrogens is 721 g/mol. The molecule has 14 nitrogen and oxygen atoms in total. The molecule has 292 valence electrons. The van der Waals surface area contributed by atoms with Gasteiger partial charge in [0.05, 0.1) is 48.7 Å². The van der Waals surface area contributed by atoms with E-state index in [2.05, 4.69) is 60.8 Å². The Balaban J connectivity index is 0.940. The lowest BCUT2D eigenvalue weighted by Gasteiger charge is -2.30. The van der Waals surface area contributed by atoms with Crippen LogP contribution in [0.2, 0.25) is 0 Å². The van der Waals surface area contributed by atoms with E-state index in [-0.39, 0.29) is 29.8 Å². The maximum Gasteiger partial charge on any atom is 0.407 e. The Morgan fingerprint density at radius 1 is 0.754 bits per heavy atom. The van der Waals surface area contributed by atoms with Gasteiger partial charge in [-0.2, -0.15) is 0 Å². The summed E-state index contributed by atoms with van der Waals surface area (Å²) in [6.45, 7) is 5.03. The molecule has 3 aromatic heterocycles. The first kappa shape index (κ1) is 37.5. The van der Waals surface area contributed by atoms with Crippen LogP contribution in [0.4, 0.5) is 4.79 Å². The van der Waals surface area contributed by atoms with E-state index in [0.717, 1.165) is 76.1 Å². The first-order chi connectivity index (χ1) is 27.7. The molecule has 6 aromatic rings. The van der Waals surface area contributed by atoms with E-state index in [4.69, 9.17) is 15.5 Å². The van der Waals surface area contributed by atoms with E-state index in [0.29, 0.717) is 24.6 Å². The lowest BCUT2D eigenvalue weighted by Crippen LogP contribution is -2.51. The Hall–Kier alpha value is -6.41. The highest BCUT2D eigenvalue weighted by molar-refractivity contribution is 5.90. The number of hydrogen-bond acceptors (Lipinski definition) is 9. The predicted octanol–water partition coefficient (Wildman–Crippen LogP) is 6.48. The van der Waals surface area contributed by atoms with Crippen LogP contribution in [-0.4, -0.2) is 84.1 Å². The van der Waals surface area contributed by atoms with Gasteiger partial charge in [0.1, 0.15) is 29.4 Å². The normalized spacial score (nSPS) is 17.9. The standard InChI is InChI=1S/C43H46N10O4/c1-25(2)38(49-43(56)57-3)42(55)53-20-8-12-36(53)39-45-23-33(47-39)30-16-14-27-21-29(15-13-28(27)22-30)31-17-18-32(51-50-31)34-24-46-40(48-34)35-11-7-19-52(35)41(54)37(44)26-9-5-4-6-10-26/h4-6,9-10,13-18,21-25,35-38H,7-8,11-12,19-20,44H2,1-3H3,(H,45,47)(H,46,48)(H,49,56)/t35-,36-,37+,38-/m0/s1. The van der Waals surface area contributed by atoms with Gasteiger partial charge in [0, 0.05) is 24.2 Å². The number of ether oxygens (including phenoxy) is 1. The van der Waals surface area contributed by atoms with Gasteiger partial charge in [0.2, 0.25) is 11.8 Å². The van der Waals surface area contributed by atoms with Crippen molar-refractivity contribution in [1.82, 2.24) is 45.2 Å². The van der Waals surface area contributed by atoms with Crippen molar-refractivity contribution < 1.29 is 19.1 Å². The minimum Gasteiger partial charge on any atom is -0.453 e. The molecule has 5 N–H and O–H groups in total. The summed E-state index contributed by atoms with van der Waals surface area (Å²) >= 11 is 0. The van der Waals surface area contributed by atoms with Gasteiger partial charge in [0.15, 0.2) is 0 Å². The lowest BCUT2D eigenvalue weighted by atomic mass is 10.0. The molecule has 0 aliphatic carbocycles. The Kier molecular flexibility index (Phi) is 10.5. The molecule has 57 heavy (non-hydrogen) atoms. The van der Waals surface area contributed by atoms with Gasteiger partial charge < -0.3 is 35.6 Å². The number of hydrogen-bond donors (Lipinski definition) is 4. The second kappa shape index (κ2) is 16.0. The van der Waals surface area contributed by atoms with Gasteiger partial charge in [0.25, 0.3) is 0 Å². The van der Waals surface area contributed by atoms with Crippen molar-refractivity contribution in [3.8, 4) is 33.9 Å². The Bertz CT molecular complexity index is 2390. The highest BCUT2D eigenvalue weighted by atomic mass is 16.5. The van der Waals surface area contributed by atoms with Crippen molar-refractivity contribution in [3.63, 3.8) is 0 Å². The van der Waals surface area contributed by atoms with Crippen molar-refractivity contribution in [1.29, 1.82) is 0 Å². The molecule has 0 bridgehead atoms. The van der Waals surface area contributed by atoms with E-state index in [9.17, 15) is 14.4 Å². The number of carbonyl (C=O) groups is 3. The van der Waals surface area contributed by atoms with Crippen molar-refractivity contribution in [2.45, 2.75) is 63.7 Å². The number of likely N-dealkylation sites (tertiary alicyclic amines) is 2. The quantitative estimate of drug-likeness (QED) is 0.121. The van der Waals surface area contributed by atoms with Crippen molar-refractivity contribution in [2.24, 2.45) is 11.7 Å². The van der Waals surface area contributed by atoms with Gasteiger partial charge in [-0.3, -0.25) is 9.59 Å². The SMILES string of the molecule is COC(=O)N[C@H](C(=O)N1CCC[C@H]1c1ncc(-c2ccc3cc(-c4ccc(-c5cnc([C@@H]6CCCN6C(=O)[C@H](N)c6ccccc6)[nH]5)nn4)ccc3c2)[nH]1)C(C)C. The molecule has 8 rings (SSSR count). The number of aromatic nitrogens is 6. The summed E-state index contributed by atoms with van der Waals surface area (Å²) in [6.07, 6.45) is 6.23. The molecule has 3 amide bonds. The van der Waals surface area contributed by atoms with Crippen LogP contribution < -0.4 is 11.1 Å². The molecule has 4 atom stereocenters. The van der Waals surface area contributed by atoms with Gasteiger partial charge in [-0.05, 0) is 72.2 Å². The molecule has 2 aliphatic rings. The average Bonchev–Trinajstić information content (AvgIpc) is 4.09. The fraction of sp³-hybridized carbons (Fsp3) is 0.326. The van der Waals surface area contributed by atoms with Gasteiger partial charge in [-0.15, -0.1) is 10.2 Å². The zero-order valence-electron chi connectivity index (χ0n) is 32.2. The second-order valence-electron chi connectivity index (χ2n) is 15.1. The number of fused-ring (bicyclic) bond motifs is 1. The topological polar surface area (TPSA) is 188 Å². The molecule has 0 saturated carbocycles. The summed E-state index contributed by atoms with van der Waals surface area (Å²) in [4.78, 5) is 58.8. The van der Waals surface area contributed by atoms with E-state index >= 15 is 0 Å². The number of aromatic amines is 2. The number of nitrogens with two attached hydrogens (primary N) is 1. The molecule has 0 unspecified atom stereocenters. The third-order valence-corrected chi connectivity index (χ3v) is 11.1. The highest BCUT2D eigenvalue weighted by Gasteiger charge is 2.38. The van der Waals surface area contributed by atoms with Crippen molar-refractivity contribution in [2.75, 3.05) is 20.2 Å².